The maximum atomic E-state index is 12.1. The zero-order chi connectivity index (χ0) is 15.5. The van der Waals surface area contributed by atoms with Gasteiger partial charge in [-0.15, -0.1) is 0 Å². The average Bonchev–Trinajstić information content (AvgIpc) is 2.95. The summed E-state index contributed by atoms with van der Waals surface area (Å²) in [5, 5.41) is 13.7. The number of rotatable bonds is 3. The molecule has 0 radical (unpaired) electrons. The number of benzene rings is 1. The summed E-state index contributed by atoms with van der Waals surface area (Å²) in [6.45, 7) is 0. The van der Waals surface area contributed by atoms with Crippen molar-refractivity contribution >= 4 is 29.4 Å². The number of hydrogen-bond acceptors (Lipinski definition) is 5. The molecule has 2 aromatic rings. The van der Waals surface area contributed by atoms with Gasteiger partial charge in [0, 0.05) is 0 Å². The molecule has 1 aliphatic rings. The lowest BCUT2D eigenvalue weighted by molar-refractivity contribution is -0.122. The number of para-hydroxylation sites is 1. The van der Waals surface area contributed by atoms with Crippen molar-refractivity contribution in [2.45, 2.75) is 12.5 Å². The highest BCUT2D eigenvalue weighted by Gasteiger charge is 2.29. The smallest absolute Gasteiger partial charge is 0.254 e. The predicted molar refractivity (Wildman–Crippen MR) is 76.0 cm³/mol. The highest BCUT2D eigenvalue weighted by atomic mass is 16.2. The second-order valence-corrected chi connectivity index (χ2v) is 4.65. The van der Waals surface area contributed by atoms with Crippen LogP contribution in [0.5, 0.6) is 0 Å². The van der Waals surface area contributed by atoms with Gasteiger partial charge in [0.05, 0.1) is 17.7 Å². The summed E-state index contributed by atoms with van der Waals surface area (Å²) in [5.74, 6) is -1.16. The number of amides is 3. The third-order valence-electron chi connectivity index (χ3n) is 3.11. The van der Waals surface area contributed by atoms with E-state index in [4.69, 9.17) is 0 Å². The normalized spacial score (nSPS) is 17.0. The van der Waals surface area contributed by atoms with Crippen LogP contribution in [0.3, 0.4) is 0 Å². The van der Waals surface area contributed by atoms with Crippen molar-refractivity contribution in [3.8, 4) is 0 Å². The van der Waals surface area contributed by atoms with Gasteiger partial charge in [-0.05, 0) is 12.1 Å². The van der Waals surface area contributed by atoms with Crippen molar-refractivity contribution < 1.29 is 14.4 Å². The molecule has 1 aromatic heterocycles. The van der Waals surface area contributed by atoms with Crippen molar-refractivity contribution in [1.29, 1.82) is 0 Å². The first-order chi connectivity index (χ1) is 10.6. The monoisotopic (exact) mass is 300 g/mol. The SMILES string of the molecule is O=C(CC1NC(=O)c2ccccc2NC1=O)Nc1ncn[nH]1. The van der Waals surface area contributed by atoms with Gasteiger partial charge >= 0.3 is 0 Å². The van der Waals surface area contributed by atoms with Gasteiger partial charge in [-0.25, -0.2) is 5.10 Å². The van der Waals surface area contributed by atoms with E-state index in [1.807, 2.05) is 0 Å². The van der Waals surface area contributed by atoms with Gasteiger partial charge in [-0.2, -0.15) is 10.1 Å². The summed E-state index contributed by atoms with van der Waals surface area (Å²) in [7, 11) is 0. The Morgan fingerprint density at radius 3 is 2.86 bits per heavy atom. The number of aromatic nitrogens is 3. The fourth-order valence-electron chi connectivity index (χ4n) is 2.09. The average molecular weight is 300 g/mol. The zero-order valence-electron chi connectivity index (χ0n) is 11.3. The minimum Gasteiger partial charge on any atom is -0.340 e. The van der Waals surface area contributed by atoms with Crippen LogP contribution in [0.25, 0.3) is 0 Å². The first-order valence-electron chi connectivity index (χ1n) is 6.49. The molecule has 22 heavy (non-hydrogen) atoms. The largest absolute Gasteiger partial charge is 0.340 e. The van der Waals surface area contributed by atoms with Gasteiger partial charge in [0.15, 0.2) is 0 Å². The van der Waals surface area contributed by atoms with E-state index in [-0.39, 0.29) is 12.4 Å². The fourth-order valence-corrected chi connectivity index (χ4v) is 2.09. The molecule has 112 valence electrons. The minimum atomic E-state index is -0.970. The Hall–Kier alpha value is -3.23. The molecule has 9 nitrogen and oxygen atoms in total. The van der Waals surface area contributed by atoms with Crippen LogP contribution in [0.1, 0.15) is 16.8 Å². The number of nitrogens with one attached hydrogen (secondary N) is 4. The molecule has 0 fully saturated rings. The van der Waals surface area contributed by atoms with Crippen LogP contribution in [0.15, 0.2) is 30.6 Å². The van der Waals surface area contributed by atoms with Crippen LogP contribution >= 0.6 is 0 Å². The minimum absolute atomic E-state index is 0.175. The lowest BCUT2D eigenvalue weighted by Gasteiger charge is -2.13. The van der Waals surface area contributed by atoms with Crippen molar-refractivity contribution in [3.63, 3.8) is 0 Å². The quantitative estimate of drug-likeness (QED) is 0.628. The second kappa shape index (κ2) is 5.64. The number of anilines is 2. The number of H-pyrrole nitrogens is 1. The molecule has 2 heterocycles. The van der Waals surface area contributed by atoms with E-state index >= 15 is 0 Å². The third-order valence-corrected chi connectivity index (χ3v) is 3.11. The van der Waals surface area contributed by atoms with Gasteiger partial charge in [-0.1, -0.05) is 12.1 Å². The van der Waals surface area contributed by atoms with Gasteiger partial charge in [0.1, 0.15) is 12.4 Å². The molecule has 9 heteroatoms. The highest BCUT2D eigenvalue weighted by molar-refractivity contribution is 6.11. The van der Waals surface area contributed by atoms with Crippen LogP contribution in [-0.2, 0) is 9.59 Å². The molecular weight excluding hydrogens is 288 g/mol. The number of hydrogen-bond donors (Lipinski definition) is 4. The Kier molecular flexibility index (Phi) is 3.52. The van der Waals surface area contributed by atoms with E-state index < -0.39 is 23.8 Å². The summed E-state index contributed by atoms with van der Waals surface area (Å²) in [6, 6.07) is 5.67. The summed E-state index contributed by atoms with van der Waals surface area (Å²) >= 11 is 0. The molecule has 0 spiro atoms. The molecule has 1 aliphatic heterocycles. The van der Waals surface area contributed by atoms with Crippen LogP contribution in [0.4, 0.5) is 11.6 Å². The number of nitrogens with zero attached hydrogens (tertiary/aromatic N) is 2. The standard InChI is InChI=1S/C13H12N6O3/c20-10(18-13-14-6-15-19-13)5-9-12(22)16-8-4-2-1-3-7(8)11(21)17-9/h1-4,6,9H,5H2,(H,16,22)(H,17,21)(H2,14,15,18,19,20). The van der Waals surface area contributed by atoms with Crippen molar-refractivity contribution in [3.05, 3.63) is 36.2 Å². The summed E-state index contributed by atoms with van der Waals surface area (Å²) < 4.78 is 0. The molecule has 3 amide bonds. The fraction of sp³-hybridized carbons (Fsp3) is 0.154. The van der Waals surface area contributed by atoms with Crippen LogP contribution < -0.4 is 16.0 Å². The maximum absolute atomic E-state index is 12.1. The van der Waals surface area contributed by atoms with Crippen LogP contribution in [0.2, 0.25) is 0 Å². The van der Waals surface area contributed by atoms with Crippen molar-refractivity contribution in [2.24, 2.45) is 0 Å². The van der Waals surface area contributed by atoms with E-state index in [2.05, 4.69) is 31.1 Å². The van der Waals surface area contributed by atoms with Crippen LogP contribution in [-0.4, -0.2) is 38.9 Å². The van der Waals surface area contributed by atoms with E-state index in [9.17, 15) is 14.4 Å². The van der Waals surface area contributed by atoms with E-state index in [1.165, 1.54) is 6.33 Å². The molecule has 0 saturated heterocycles. The Labute approximate surface area is 124 Å². The van der Waals surface area contributed by atoms with Crippen molar-refractivity contribution in [1.82, 2.24) is 20.5 Å². The summed E-state index contributed by atoms with van der Waals surface area (Å²) in [4.78, 5) is 39.8. The maximum Gasteiger partial charge on any atom is 0.254 e. The molecule has 4 N–H and O–H groups in total. The molecular formula is C13H12N6O3. The van der Waals surface area contributed by atoms with Gasteiger partial charge in [0.2, 0.25) is 17.8 Å². The third kappa shape index (κ3) is 2.77. The van der Waals surface area contributed by atoms with Gasteiger partial charge < -0.3 is 10.6 Å². The molecule has 0 bridgehead atoms. The van der Waals surface area contributed by atoms with E-state index in [0.717, 1.165) is 0 Å². The molecule has 1 unspecified atom stereocenters. The number of carbonyl (C=O) groups is 3. The Bertz CT molecular complexity index is 727. The molecule has 1 aromatic carbocycles. The number of fused-ring (bicyclic) bond motifs is 1. The second-order valence-electron chi connectivity index (χ2n) is 4.65. The zero-order valence-corrected chi connectivity index (χ0v) is 11.3. The first kappa shape index (κ1) is 13.7. The molecule has 0 saturated carbocycles. The Morgan fingerprint density at radius 2 is 2.09 bits per heavy atom. The summed E-state index contributed by atoms with van der Waals surface area (Å²) in [5.41, 5.74) is 0.775. The van der Waals surface area contributed by atoms with E-state index in [0.29, 0.717) is 11.3 Å². The summed E-state index contributed by atoms with van der Waals surface area (Å²) in [6.07, 6.45) is 1.03. The first-order valence-corrected chi connectivity index (χ1v) is 6.49. The van der Waals surface area contributed by atoms with Gasteiger partial charge in [-0.3, -0.25) is 19.7 Å². The Morgan fingerprint density at radius 1 is 1.27 bits per heavy atom. The van der Waals surface area contributed by atoms with Gasteiger partial charge in [0.25, 0.3) is 5.91 Å². The molecule has 3 rings (SSSR count). The highest BCUT2D eigenvalue weighted by Crippen LogP contribution is 2.18. The lowest BCUT2D eigenvalue weighted by Crippen LogP contribution is -2.43. The Balaban J connectivity index is 1.71. The lowest BCUT2D eigenvalue weighted by atomic mass is 10.1. The number of carbonyl (C=O) groups excluding carboxylic acids is 3. The number of aromatic amines is 1. The molecule has 1 atom stereocenters. The van der Waals surface area contributed by atoms with Crippen LogP contribution in [0, 0.1) is 0 Å². The molecule has 0 aliphatic carbocycles. The van der Waals surface area contributed by atoms with Crippen molar-refractivity contribution in [2.75, 3.05) is 10.6 Å². The predicted octanol–water partition coefficient (Wildman–Crippen LogP) is -0.116. The van der Waals surface area contributed by atoms with E-state index in [1.54, 1.807) is 24.3 Å². The topological polar surface area (TPSA) is 129 Å².